The number of benzene rings is 9. The van der Waals surface area contributed by atoms with Crippen LogP contribution in [0.15, 0.2) is 174 Å². The third-order valence-electron chi connectivity index (χ3n) is 11.7. The Morgan fingerprint density at radius 1 is 0.346 bits per heavy atom. The van der Waals surface area contributed by atoms with E-state index in [0.717, 1.165) is 27.5 Å². The molecule has 1 aromatic heterocycles. The first kappa shape index (κ1) is 29.3. The second kappa shape index (κ2) is 10.8. The predicted octanol–water partition coefficient (Wildman–Crippen LogP) is 14.4. The molecule has 0 saturated carbocycles. The minimum absolute atomic E-state index is 0.0228. The van der Waals surface area contributed by atoms with Gasteiger partial charge in [0.05, 0.1) is 0 Å². The molecular weight excluding hydrogens is 629 g/mol. The van der Waals surface area contributed by atoms with Gasteiger partial charge in [-0.05, 0) is 118 Å². The van der Waals surface area contributed by atoms with E-state index in [1.807, 2.05) is 0 Å². The van der Waals surface area contributed by atoms with E-state index < -0.39 is 0 Å². The normalized spacial score (nSPS) is 13.3. The molecule has 1 nitrogen and oxygen atoms in total. The Bertz CT molecular complexity index is 3030. The highest BCUT2D eigenvalue weighted by Crippen LogP contribution is 2.50. The van der Waals surface area contributed by atoms with Crippen molar-refractivity contribution >= 4 is 54.3 Å². The average Bonchev–Trinajstić information content (AvgIpc) is 3.66. The summed E-state index contributed by atoms with van der Waals surface area (Å²) < 4.78 is 6.54. The molecule has 0 aliphatic heterocycles. The van der Waals surface area contributed by atoms with Gasteiger partial charge in [-0.3, -0.25) is 0 Å². The minimum atomic E-state index is -0.0228. The van der Waals surface area contributed by atoms with E-state index in [9.17, 15) is 0 Å². The van der Waals surface area contributed by atoms with Crippen LogP contribution >= 0.6 is 0 Å². The molecule has 0 amide bonds. The zero-order valence-electron chi connectivity index (χ0n) is 29.1. The Kier molecular flexibility index (Phi) is 6.08. The molecule has 11 rings (SSSR count). The molecule has 0 radical (unpaired) electrons. The molecule has 1 heterocycles. The lowest BCUT2D eigenvalue weighted by Gasteiger charge is -2.22. The third-order valence-corrected chi connectivity index (χ3v) is 11.7. The summed E-state index contributed by atoms with van der Waals surface area (Å²) in [5.74, 6) is 0. The van der Waals surface area contributed by atoms with E-state index in [0.29, 0.717) is 0 Å². The number of hydrogen-bond acceptors (Lipinski definition) is 1. The van der Waals surface area contributed by atoms with Gasteiger partial charge in [-0.15, -0.1) is 0 Å². The van der Waals surface area contributed by atoms with Crippen LogP contribution in [0.5, 0.6) is 0 Å². The molecule has 0 atom stereocenters. The van der Waals surface area contributed by atoms with Gasteiger partial charge in [0, 0.05) is 16.2 Å². The summed E-state index contributed by atoms with van der Waals surface area (Å²) in [6.07, 6.45) is 0. The van der Waals surface area contributed by atoms with Gasteiger partial charge in [-0.25, -0.2) is 0 Å². The van der Waals surface area contributed by atoms with Crippen LogP contribution in [-0.2, 0) is 5.41 Å². The summed E-state index contributed by atoms with van der Waals surface area (Å²) in [7, 11) is 0. The molecule has 10 aromatic rings. The molecule has 0 bridgehead atoms. The van der Waals surface area contributed by atoms with Gasteiger partial charge in [-0.2, -0.15) is 0 Å². The van der Waals surface area contributed by atoms with Crippen molar-refractivity contribution in [2.24, 2.45) is 0 Å². The summed E-state index contributed by atoms with van der Waals surface area (Å²) in [5.41, 5.74) is 14.7. The predicted molar refractivity (Wildman–Crippen MR) is 220 cm³/mol. The Labute approximate surface area is 302 Å². The zero-order valence-corrected chi connectivity index (χ0v) is 29.1. The maximum absolute atomic E-state index is 6.54. The van der Waals surface area contributed by atoms with Crippen molar-refractivity contribution in [1.29, 1.82) is 0 Å². The van der Waals surface area contributed by atoms with Crippen LogP contribution in [0.4, 0.5) is 0 Å². The van der Waals surface area contributed by atoms with E-state index in [1.54, 1.807) is 0 Å². The van der Waals surface area contributed by atoms with Crippen molar-refractivity contribution in [2.45, 2.75) is 19.3 Å². The standard InChI is InChI=1S/C51H34O/c1-51(2)45-18-10-9-13-37(45)38-25-23-35(28-46(38)51)31-19-21-32(22-20-31)49-40-14-5-7-16-42(40)50(43-17-8-6-15-41(43)49)36-24-26-39-44-27-33-11-3-4-12-34(33)29-48(44)52-47(39)30-36/h3-30H,1-2H3. The zero-order chi connectivity index (χ0) is 34.6. The summed E-state index contributed by atoms with van der Waals surface area (Å²) in [5, 5.41) is 9.69. The average molecular weight is 663 g/mol. The lowest BCUT2D eigenvalue weighted by Crippen LogP contribution is -2.14. The molecule has 244 valence electrons. The second-order valence-electron chi connectivity index (χ2n) is 14.9. The van der Waals surface area contributed by atoms with Crippen molar-refractivity contribution in [3.05, 3.63) is 181 Å². The van der Waals surface area contributed by atoms with Crippen LogP contribution in [0.1, 0.15) is 25.0 Å². The summed E-state index contributed by atoms with van der Waals surface area (Å²) in [6, 6.07) is 62.5. The monoisotopic (exact) mass is 662 g/mol. The van der Waals surface area contributed by atoms with E-state index in [-0.39, 0.29) is 5.41 Å². The molecule has 0 saturated heterocycles. The Morgan fingerprint density at radius 2 is 0.865 bits per heavy atom. The van der Waals surface area contributed by atoms with Crippen molar-refractivity contribution in [3.63, 3.8) is 0 Å². The van der Waals surface area contributed by atoms with E-state index in [1.165, 1.54) is 82.4 Å². The smallest absolute Gasteiger partial charge is 0.136 e. The highest BCUT2D eigenvalue weighted by Gasteiger charge is 2.35. The maximum atomic E-state index is 6.54. The molecular formula is C51H34O. The van der Waals surface area contributed by atoms with Gasteiger partial charge in [-0.1, -0.05) is 153 Å². The van der Waals surface area contributed by atoms with Crippen molar-refractivity contribution in [2.75, 3.05) is 0 Å². The van der Waals surface area contributed by atoms with E-state index >= 15 is 0 Å². The van der Waals surface area contributed by atoms with Crippen LogP contribution in [0.25, 0.3) is 98.8 Å². The molecule has 0 N–H and O–H groups in total. The molecule has 0 fully saturated rings. The Hall–Kier alpha value is -6.44. The number of furan rings is 1. The van der Waals surface area contributed by atoms with Crippen LogP contribution in [0.2, 0.25) is 0 Å². The number of hydrogen-bond donors (Lipinski definition) is 0. The SMILES string of the molecule is CC1(C)c2ccccc2-c2ccc(-c3ccc(-c4c5ccccc5c(-c5ccc6c(c5)oc5cc7ccccc7cc56)c5ccccc45)cc3)cc21. The maximum Gasteiger partial charge on any atom is 0.136 e. The molecule has 9 aromatic carbocycles. The van der Waals surface area contributed by atoms with Crippen molar-refractivity contribution in [1.82, 2.24) is 0 Å². The topological polar surface area (TPSA) is 13.1 Å². The highest BCUT2D eigenvalue weighted by atomic mass is 16.3. The lowest BCUT2D eigenvalue weighted by molar-refractivity contribution is 0.660. The quantitative estimate of drug-likeness (QED) is 0.172. The third kappa shape index (κ3) is 4.17. The Balaban J connectivity index is 1.05. The largest absolute Gasteiger partial charge is 0.456 e. The lowest BCUT2D eigenvalue weighted by atomic mass is 9.81. The fourth-order valence-corrected chi connectivity index (χ4v) is 9.08. The van der Waals surface area contributed by atoms with Gasteiger partial charge in [0.15, 0.2) is 0 Å². The van der Waals surface area contributed by atoms with Crippen molar-refractivity contribution < 1.29 is 4.42 Å². The first-order chi connectivity index (χ1) is 25.5. The van der Waals surface area contributed by atoms with Crippen LogP contribution < -0.4 is 0 Å². The van der Waals surface area contributed by atoms with Crippen LogP contribution in [0, 0.1) is 0 Å². The van der Waals surface area contributed by atoms with Gasteiger partial charge in [0.25, 0.3) is 0 Å². The first-order valence-corrected chi connectivity index (χ1v) is 18.2. The fraction of sp³-hybridized carbons (Fsp3) is 0.0588. The van der Waals surface area contributed by atoms with Gasteiger partial charge < -0.3 is 4.42 Å². The minimum Gasteiger partial charge on any atom is -0.456 e. The molecule has 0 spiro atoms. The van der Waals surface area contributed by atoms with Gasteiger partial charge >= 0.3 is 0 Å². The Morgan fingerprint density at radius 3 is 1.58 bits per heavy atom. The van der Waals surface area contributed by atoms with Crippen LogP contribution in [0.3, 0.4) is 0 Å². The summed E-state index contributed by atoms with van der Waals surface area (Å²) >= 11 is 0. The first-order valence-electron chi connectivity index (χ1n) is 18.2. The molecule has 1 aliphatic carbocycles. The summed E-state index contributed by atoms with van der Waals surface area (Å²) in [4.78, 5) is 0. The summed E-state index contributed by atoms with van der Waals surface area (Å²) in [6.45, 7) is 4.70. The molecule has 1 heteroatoms. The van der Waals surface area contributed by atoms with E-state index in [4.69, 9.17) is 4.42 Å². The molecule has 0 unspecified atom stereocenters. The highest BCUT2D eigenvalue weighted by molar-refractivity contribution is 6.22. The van der Waals surface area contributed by atoms with Crippen LogP contribution in [-0.4, -0.2) is 0 Å². The molecule has 1 aliphatic rings. The second-order valence-corrected chi connectivity index (χ2v) is 14.9. The number of rotatable bonds is 3. The van der Waals surface area contributed by atoms with Gasteiger partial charge in [0.1, 0.15) is 11.2 Å². The van der Waals surface area contributed by atoms with Gasteiger partial charge in [0.2, 0.25) is 0 Å². The molecule has 52 heavy (non-hydrogen) atoms. The van der Waals surface area contributed by atoms with E-state index in [2.05, 4.69) is 184 Å². The van der Waals surface area contributed by atoms with Crippen molar-refractivity contribution in [3.8, 4) is 44.5 Å². The fourth-order valence-electron chi connectivity index (χ4n) is 9.08. The number of fused-ring (bicyclic) bond motifs is 9.